The average Bonchev–Trinajstić information content (AvgIpc) is 2.38. The van der Waals surface area contributed by atoms with E-state index in [2.05, 4.69) is 20.6 Å². The van der Waals surface area contributed by atoms with Crippen molar-refractivity contribution < 1.29 is 9.18 Å². The van der Waals surface area contributed by atoms with Gasteiger partial charge in [-0.3, -0.25) is 5.32 Å². The molecule has 0 bridgehead atoms. The molecule has 5 nitrogen and oxygen atoms in total. The van der Waals surface area contributed by atoms with Crippen LogP contribution < -0.4 is 10.6 Å². The number of hydrogen-bond donors (Lipinski definition) is 2. The molecule has 9 heteroatoms. The van der Waals surface area contributed by atoms with Gasteiger partial charge in [-0.2, -0.15) is 4.98 Å². The lowest BCUT2D eigenvalue weighted by Gasteiger charge is -2.07. The molecule has 0 fully saturated rings. The summed E-state index contributed by atoms with van der Waals surface area (Å²) in [4.78, 5) is 18.8. The first-order valence-electron chi connectivity index (χ1n) is 5.17. The topological polar surface area (TPSA) is 66.9 Å². The molecule has 1 heterocycles. The van der Waals surface area contributed by atoms with Crippen molar-refractivity contribution in [2.45, 2.75) is 0 Å². The summed E-state index contributed by atoms with van der Waals surface area (Å²) in [7, 11) is 0. The Bertz CT molecular complexity index is 613. The molecule has 20 heavy (non-hydrogen) atoms. The highest BCUT2D eigenvalue weighted by Crippen LogP contribution is 2.25. The smallest absolute Gasteiger partial charge is 0.308 e. The standard InChI is InChI=1S/C11H6Cl3FN4O/c12-6-2-1-5(3-7(6)13)17-11(20)19-10-16-4-8(15)9(14)18-10/h1-4H,(H2,16,17,18,19,20). The zero-order valence-electron chi connectivity index (χ0n) is 9.62. The van der Waals surface area contributed by atoms with Crippen molar-refractivity contribution in [3.05, 3.63) is 45.4 Å². The third-order valence-corrected chi connectivity index (χ3v) is 3.11. The molecular formula is C11H6Cl3FN4O. The average molecular weight is 336 g/mol. The summed E-state index contributed by atoms with van der Waals surface area (Å²) in [5, 5.41) is 5.05. The molecule has 0 saturated carbocycles. The number of aromatic nitrogens is 2. The molecule has 1 aromatic heterocycles. The minimum atomic E-state index is -0.776. The Labute approximate surface area is 128 Å². The number of rotatable bonds is 2. The second-order valence-electron chi connectivity index (χ2n) is 3.54. The van der Waals surface area contributed by atoms with Gasteiger partial charge in [0.25, 0.3) is 0 Å². The molecule has 2 amide bonds. The molecule has 0 radical (unpaired) electrons. The molecule has 0 unspecified atom stereocenters. The van der Waals surface area contributed by atoms with Crippen molar-refractivity contribution >= 4 is 52.5 Å². The summed E-state index contributed by atoms with van der Waals surface area (Å²) < 4.78 is 12.9. The Hall–Kier alpha value is -1.63. The summed E-state index contributed by atoms with van der Waals surface area (Å²) in [5.41, 5.74) is 0.421. The van der Waals surface area contributed by atoms with E-state index >= 15 is 0 Å². The normalized spacial score (nSPS) is 10.2. The maximum atomic E-state index is 12.9. The van der Waals surface area contributed by atoms with E-state index in [4.69, 9.17) is 34.8 Å². The van der Waals surface area contributed by atoms with Gasteiger partial charge in [0.1, 0.15) is 0 Å². The van der Waals surface area contributed by atoms with Gasteiger partial charge in [-0.25, -0.2) is 14.2 Å². The highest BCUT2D eigenvalue weighted by Gasteiger charge is 2.09. The van der Waals surface area contributed by atoms with Gasteiger partial charge in [0.15, 0.2) is 11.0 Å². The molecule has 104 valence electrons. The zero-order valence-corrected chi connectivity index (χ0v) is 11.9. The summed E-state index contributed by atoms with van der Waals surface area (Å²) in [5.74, 6) is -0.906. The first kappa shape index (κ1) is 14.8. The van der Waals surface area contributed by atoms with Gasteiger partial charge < -0.3 is 5.32 Å². The predicted molar refractivity (Wildman–Crippen MR) is 76.1 cm³/mol. The van der Waals surface area contributed by atoms with E-state index in [1.165, 1.54) is 12.1 Å². The van der Waals surface area contributed by atoms with Crippen LogP contribution in [-0.2, 0) is 0 Å². The third kappa shape index (κ3) is 3.69. The fourth-order valence-electron chi connectivity index (χ4n) is 1.24. The van der Waals surface area contributed by atoms with E-state index < -0.39 is 11.8 Å². The minimum absolute atomic E-state index is 0.131. The van der Waals surface area contributed by atoms with Gasteiger partial charge in [-0.1, -0.05) is 34.8 Å². The van der Waals surface area contributed by atoms with Gasteiger partial charge in [0.2, 0.25) is 5.95 Å². The SMILES string of the molecule is O=C(Nc1ccc(Cl)c(Cl)c1)Nc1ncc(F)c(Cl)n1. The Morgan fingerprint density at radius 3 is 2.55 bits per heavy atom. The molecule has 0 atom stereocenters. The predicted octanol–water partition coefficient (Wildman–Crippen LogP) is 4.22. The quantitative estimate of drug-likeness (QED) is 0.807. The number of urea groups is 1. The first-order chi connectivity index (χ1) is 9.45. The van der Waals surface area contributed by atoms with Gasteiger partial charge in [0, 0.05) is 5.69 Å². The van der Waals surface area contributed by atoms with Gasteiger partial charge in [0.05, 0.1) is 16.2 Å². The lowest BCUT2D eigenvalue weighted by Crippen LogP contribution is -2.21. The Kier molecular flexibility index (Phi) is 4.59. The molecule has 2 aromatic rings. The van der Waals surface area contributed by atoms with E-state index in [0.29, 0.717) is 15.7 Å². The molecule has 0 aliphatic carbocycles. The maximum absolute atomic E-state index is 12.9. The number of benzene rings is 1. The zero-order chi connectivity index (χ0) is 14.7. The number of hydrogen-bond acceptors (Lipinski definition) is 3. The molecular weight excluding hydrogens is 330 g/mol. The van der Waals surface area contributed by atoms with Crippen LogP contribution in [-0.4, -0.2) is 16.0 Å². The molecule has 0 aliphatic rings. The van der Waals surface area contributed by atoms with E-state index in [9.17, 15) is 9.18 Å². The van der Waals surface area contributed by atoms with Crippen LogP contribution >= 0.6 is 34.8 Å². The highest BCUT2D eigenvalue weighted by atomic mass is 35.5. The third-order valence-electron chi connectivity index (χ3n) is 2.10. The molecule has 0 spiro atoms. The number of halogens is 4. The van der Waals surface area contributed by atoms with Crippen molar-refractivity contribution in [1.29, 1.82) is 0 Å². The van der Waals surface area contributed by atoms with Crippen LogP contribution in [0.3, 0.4) is 0 Å². The molecule has 2 N–H and O–H groups in total. The van der Waals surface area contributed by atoms with Crippen molar-refractivity contribution in [2.24, 2.45) is 0 Å². The van der Waals surface area contributed by atoms with Crippen LogP contribution in [0.15, 0.2) is 24.4 Å². The number of carbonyl (C=O) groups is 1. The van der Waals surface area contributed by atoms with Crippen molar-refractivity contribution in [2.75, 3.05) is 10.6 Å². The van der Waals surface area contributed by atoms with Crippen LogP contribution in [0.5, 0.6) is 0 Å². The van der Waals surface area contributed by atoms with Crippen LogP contribution in [0.25, 0.3) is 0 Å². The van der Waals surface area contributed by atoms with E-state index in [0.717, 1.165) is 6.20 Å². The molecule has 0 saturated heterocycles. The fraction of sp³-hybridized carbons (Fsp3) is 0. The summed E-state index contributed by atoms with van der Waals surface area (Å²) >= 11 is 17.0. The Morgan fingerprint density at radius 1 is 1.15 bits per heavy atom. The number of nitrogens with one attached hydrogen (secondary N) is 2. The van der Waals surface area contributed by atoms with E-state index in [1.54, 1.807) is 6.07 Å². The largest absolute Gasteiger partial charge is 0.326 e. The minimum Gasteiger partial charge on any atom is -0.308 e. The summed E-state index contributed by atoms with van der Waals surface area (Å²) in [6.07, 6.45) is 0.851. The number of nitrogens with zero attached hydrogens (tertiary/aromatic N) is 2. The van der Waals surface area contributed by atoms with Crippen LogP contribution in [0.4, 0.5) is 20.8 Å². The van der Waals surface area contributed by atoms with Crippen LogP contribution in [0, 0.1) is 5.82 Å². The lowest BCUT2D eigenvalue weighted by atomic mass is 10.3. The van der Waals surface area contributed by atoms with Gasteiger partial charge in [-0.05, 0) is 18.2 Å². The Balaban J connectivity index is 2.04. The monoisotopic (exact) mass is 334 g/mol. The lowest BCUT2D eigenvalue weighted by molar-refractivity contribution is 0.262. The van der Waals surface area contributed by atoms with Gasteiger partial charge in [-0.15, -0.1) is 0 Å². The van der Waals surface area contributed by atoms with Gasteiger partial charge >= 0.3 is 6.03 Å². The van der Waals surface area contributed by atoms with Crippen molar-refractivity contribution in [3.63, 3.8) is 0 Å². The molecule has 0 aliphatic heterocycles. The second-order valence-corrected chi connectivity index (χ2v) is 4.71. The first-order valence-corrected chi connectivity index (χ1v) is 6.30. The molecule has 1 aromatic carbocycles. The molecule has 2 rings (SSSR count). The van der Waals surface area contributed by atoms with Crippen molar-refractivity contribution in [1.82, 2.24) is 9.97 Å². The Morgan fingerprint density at radius 2 is 1.90 bits per heavy atom. The van der Waals surface area contributed by atoms with Crippen LogP contribution in [0.2, 0.25) is 15.2 Å². The number of carbonyl (C=O) groups excluding carboxylic acids is 1. The summed E-state index contributed by atoms with van der Waals surface area (Å²) in [6.45, 7) is 0. The van der Waals surface area contributed by atoms with Crippen molar-refractivity contribution in [3.8, 4) is 0 Å². The van der Waals surface area contributed by atoms with Crippen LogP contribution in [0.1, 0.15) is 0 Å². The number of anilines is 2. The fourth-order valence-corrected chi connectivity index (χ4v) is 1.67. The number of amides is 2. The highest BCUT2D eigenvalue weighted by molar-refractivity contribution is 6.42. The maximum Gasteiger partial charge on any atom is 0.326 e. The summed E-state index contributed by atoms with van der Waals surface area (Å²) in [6, 6.07) is 3.94. The van der Waals surface area contributed by atoms with E-state index in [1.807, 2.05) is 0 Å². The second kappa shape index (κ2) is 6.21. The van der Waals surface area contributed by atoms with E-state index in [-0.39, 0.29) is 11.1 Å².